The molecule has 1 unspecified atom stereocenters. The molecule has 0 bridgehead atoms. The Morgan fingerprint density at radius 1 is 1.71 bits per heavy atom. The second-order valence-corrected chi connectivity index (χ2v) is 1.83. The topological polar surface area (TPSA) is 63.3 Å². The Morgan fingerprint density at radius 2 is 1.86 bits per heavy atom. The molecule has 3 nitrogen and oxygen atoms in total. The third kappa shape index (κ3) is 23.5. The lowest BCUT2D eigenvalue weighted by atomic mass is 11.0. The molecular formula is C3H11NO2S. The number of nitrogens with two attached hydrogens (primary N) is 1. The lowest BCUT2D eigenvalue weighted by Crippen LogP contribution is -1.85. The molecule has 0 saturated carbocycles. The fourth-order valence-corrected chi connectivity index (χ4v) is 0. The third-order valence-corrected chi connectivity index (χ3v) is 0.741. The average Bonchev–Trinajstić information content (AvgIpc) is 1.73. The van der Waals surface area contributed by atoms with Gasteiger partial charge in [-0.1, -0.05) is 6.92 Å². The van der Waals surface area contributed by atoms with Crippen LogP contribution in [0.15, 0.2) is 0 Å². The highest BCUT2D eigenvalue weighted by molar-refractivity contribution is 7.79. The van der Waals surface area contributed by atoms with Crippen LogP contribution in [0, 0.1) is 0 Å². The maximum atomic E-state index is 9.48. The van der Waals surface area contributed by atoms with E-state index in [1.807, 2.05) is 0 Å². The van der Waals surface area contributed by atoms with Crippen molar-refractivity contribution in [2.24, 2.45) is 5.73 Å². The van der Waals surface area contributed by atoms with Crippen LogP contribution < -0.4 is 5.73 Å². The summed E-state index contributed by atoms with van der Waals surface area (Å²) in [5.41, 5.74) is 4.50. The summed E-state index contributed by atoms with van der Waals surface area (Å²) in [5, 5.41) is 0. The monoisotopic (exact) mass is 125 g/mol. The van der Waals surface area contributed by atoms with E-state index in [0.29, 0.717) is 5.75 Å². The van der Waals surface area contributed by atoms with Crippen molar-refractivity contribution >= 4 is 11.1 Å². The van der Waals surface area contributed by atoms with Gasteiger partial charge >= 0.3 is 0 Å². The summed E-state index contributed by atoms with van der Waals surface area (Å²) in [6.07, 6.45) is 0. The normalized spacial score (nSPS) is 11.4. The van der Waals surface area contributed by atoms with E-state index in [9.17, 15) is 4.21 Å². The second kappa shape index (κ2) is 9.42. The average molecular weight is 125 g/mol. The quantitative estimate of drug-likeness (QED) is 0.477. The zero-order chi connectivity index (χ0) is 6.28. The molecule has 0 aromatic rings. The van der Waals surface area contributed by atoms with Crippen molar-refractivity contribution in [2.75, 3.05) is 12.8 Å². The Hall–Kier alpha value is 0.0700. The van der Waals surface area contributed by atoms with Crippen LogP contribution in [0.3, 0.4) is 0 Å². The number of hydrogen-bond acceptors (Lipinski definition) is 2. The third-order valence-electron chi connectivity index (χ3n) is 0.247. The zero-order valence-electron chi connectivity index (χ0n) is 4.55. The van der Waals surface area contributed by atoms with Gasteiger partial charge in [-0.3, -0.25) is 0 Å². The molecule has 0 rings (SSSR count). The lowest BCUT2D eigenvalue weighted by molar-refractivity contribution is 0.566. The van der Waals surface area contributed by atoms with Crippen molar-refractivity contribution in [3.05, 3.63) is 0 Å². The van der Waals surface area contributed by atoms with Crippen LogP contribution in [0.1, 0.15) is 6.92 Å². The first-order valence-electron chi connectivity index (χ1n) is 1.92. The van der Waals surface area contributed by atoms with Gasteiger partial charge in [0.1, 0.15) is 0 Å². The molecule has 7 heavy (non-hydrogen) atoms. The van der Waals surface area contributed by atoms with E-state index < -0.39 is 11.1 Å². The molecule has 0 spiro atoms. The van der Waals surface area contributed by atoms with Gasteiger partial charge in [-0.25, -0.2) is 4.21 Å². The predicted octanol–water partition coefficient (Wildman–Crippen LogP) is -0.197. The van der Waals surface area contributed by atoms with Crippen LogP contribution in [0.25, 0.3) is 0 Å². The van der Waals surface area contributed by atoms with Gasteiger partial charge in [0.05, 0.1) is 0 Å². The molecule has 0 radical (unpaired) electrons. The van der Waals surface area contributed by atoms with E-state index in [0.717, 1.165) is 0 Å². The number of rotatable bonds is 1. The number of hydrogen-bond donors (Lipinski definition) is 2. The summed E-state index contributed by atoms with van der Waals surface area (Å²) >= 11 is -1.57. The van der Waals surface area contributed by atoms with Gasteiger partial charge in [-0.15, -0.1) is 0 Å². The maximum Gasteiger partial charge on any atom is 0.152 e. The highest BCUT2D eigenvalue weighted by Gasteiger charge is 1.76. The van der Waals surface area contributed by atoms with Gasteiger partial charge in [-0.2, -0.15) is 0 Å². The Bertz CT molecular complexity index is 48.2. The molecule has 0 saturated heterocycles. The van der Waals surface area contributed by atoms with Crippen molar-refractivity contribution < 1.29 is 8.76 Å². The van der Waals surface area contributed by atoms with Gasteiger partial charge in [-0.05, 0) is 7.05 Å². The summed E-state index contributed by atoms with van der Waals surface area (Å²) in [7, 11) is 1.50. The van der Waals surface area contributed by atoms with Gasteiger partial charge in [0.25, 0.3) is 0 Å². The van der Waals surface area contributed by atoms with Crippen molar-refractivity contribution in [2.45, 2.75) is 6.92 Å². The molecule has 4 heteroatoms. The van der Waals surface area contributed by atoms with Crippen molar-refractivity contribution in [3.63, 3.8) is 0 Å². The minimum absolute atomic E-state index is 0.333. The van der Waals surface area contributed by atoms with Crippen molar-refractivity contribution in [1.82, 2.24) is 0 Å². The van der Waals surface area contributed by atoms with Crippen molar-refractivity contribution in [1.29, 1.82) is 0 Å². The van der Waals surface area contributed by atoms with Crippen molar-refractivity contribution in [3.8, 4) is 0 Å². The molecule has 0 aliphatic carbocycles. The van der Waals surface area contributed by atoms with Gasteiger partial charge in [0.2, 0.25) is 0 Å². The van der Waals surface area contributed by atoms with Gasteiger partial charge in [0, 0.05) is 5.75 Å². The highest BCUT2D eigenvalue weighted by atomic mass is 32.2. The Balaban J connectivity index is 0. The SMILES string of the molecule is CCS(=O)O.CN. The maximum absolute atomic E-state index is 9.48. The molecule has 46 valence electrons. The molecule has 0 aromatic carbocycles. The molecule has 0 aliphatic heterocycles. The van der Waals surface area contributed by atoms with E-state index in [4.69, 9.17) is 4.55 Å². The van der Waals surface area contributed by atoms with Gasteiger partial charge in [0.15, 0.2) is 11.1 Å². The molecule has 0 amide bonds. The summed E-state index contributed by atoms with van der Waals surface area (Å²) in [6.45, 7) is 1.65. The molecule has 0 fully saturated rings. The van der Waals surface area contributed by atoms with E-state index in [1.165, 1.54) is 7.05 Å². The largest absolute Gasteiger partial charge is 0.333 e. The Labute approximate surface area is 46.2 Å². The van der Waals surface area contributed by atoms with E-state index >= 15 is 0 Å². The van der Waals surface area contributed by atoms with Gasteiger partial charge < -0.3 is 10.3 Å². The summed E-state index contributed by atoms with van der Waals surface area (Å²) < 4.78 is 17.3. The Kier molecular flexibility index (Phi) is 13.6. The van der Waals surface area contributed by atoms with E-state index in [1.54, 1.807) is 6.92 Å². The Morgan fingerprint density at radius 3 is 1.86 bits per heavy atom. The molecule has 0 aliphatic rings. The zero-order valence-corrected chi connectivity index (χ0v) is 5.36. The fraction of sp³-hybridized carbons (Fsp3) is 1.00. The first kappa shape index (κ1) is 10.1. The minimum Gasteiger partial charge on any atom is -0.333 e. The van der Waals surface area contributed by atoms with Crippen LogP contribution in [0.5, 0.6) is 0 Å². The van der Waals surface area contributed by atoms with Crippen LogP contribution >= 0.6 is 0 Å². The fourth-order valence-electron chi connectivity index (χ4n) is 0. The molecule has 3 N–H and O–H groups in total. The summed E-state index contributed by atoms with van der Waals surface area (Å²) in [4.78, 5) is 0. The van der Waals surface area contributed by atoms with Crippen LogP contribution in [-0.2, 0) is 11.1 Å². The van der Waals surface area contributed by atoms with Crippen LogP contribution in [0.2, 0.25) is 0 Å². The summed E-state index contributed by atoms with van der Waals surface area (Å²) in [6, 6.07) is 0. The van der Waals surface area contributed by atoms with Crippen LogP contribution in [-0.4, -0.2) is 21.6 Å². The molecule has 0 heterocycles. The summed E-state index contributed by atoms with van der Waals surface area (Å²) in [5.74, 6) is 0.333. The lowest BCUT2D eigenvalue weighted by Gasteiger charge is -1.73. The smallest absolute Gasteiger partial charge is 0.152 e. The highest BCUT2D eigenvalue weighted by Crippen LogP contribution is 1.63. The standard InChI is InChI=1S/C2H6O2S.CH5N/c1-2-5(3)4;1-2/h2H2,1H3,(H,3,4);2H2,1H3. The second-order valence-electron chi connectivity index (χ2n) is 0.610. The van der Waals surface area contributed by atoms with E-state index in [-0.39, 0.29) is 0 Å². The minimum atomic E-state index is -1.57. The first-order chi connectivity index (χ1) is 3.27. The predicted molar refractivity (Wildman–Crippen MR) is 31.4 cm³/mol. The molecule has 0 aromatic heterocycles. The van der Waals surface area contributed by atoms with E-state index in [2.05, 4.69) is 5.73 Å². The molecular weight excluding hydrogens is 114 g/mol. The first-order valence-corrected chi connectivity index (χ1v) is 3.20. The molecule has 1 atom stereocenters. The van der Waals surface area contributed by atoms with Crippen LogP contribution in [0.4, 0.5) is 0 Å².